The van der Waals surface area contributed by atoms with Crippen LogP contribution in [0.25, 0.3) is 5.65 Å². The van der Waals surface area contributed by atoms with E-state index in [-0.39, 0.29) is 23.1 Å². The molecule has 0 bridgehead atoms. The van der Waals surface area contributed by atoms with E-state index in [4.69, 9.17) is 0 Å². The second-order valence-corrected chi connectivity index (χ2v) is 7.34. The molecule has 0 aliphatic carbocycles. The molecule has 7 heteroatoms. The number of benzene rings is 1. The molecule has 0 saturated heterocycles. The Morgan fingerprint density at radius 3 is 2.85 bits per heavy atom. The van der Waals surface area contributed by atoms with Crippen LogP contribution >= 0.6 is 0 Å². The average molecular weight is 365 g/mol. The number of hydrogen-bond acceptors (Lipinski definition) is 4. The lowest BCUT2D eigenvalue weighted by Gasteiger charge is -2.36. The van der Waals surface area contributed by atoms with Crippen LogP contribution < -0.4 is 5.56 Å². The normalized spacial score (nSPS) is 17.1. The van der Waals surface area contributed by atoms with Crippen LogP contribution in [0.4, 0.5) is 0 Å². The van der Waals surface area contributed by atoms with Gasteiger partial charge in [-0.3, -0.25) is 19.6 Å². The smallest absolute Gasteiger partial charge is 0.285 e. The predicted octanol–water partition coefficient (Wildman–Crippen LogP) is 1.46. The Morgan fingerprint density at radius 2 is 2.07 bits per heavy atom. The number of nitrogens with zero attached hydrogens (tertiary/aromatic N) is 4. The van der Waals surface area contributed by atoms with Gasteiger partial charge in [-0.1, -0.05) is 24.3 Å². The molecule has 3 aromatic rings. The number of carbonyl (C=O) groups excluding carboxylic acids is 1. The number of rotatable bonds is 3. The third-order valence-electron chi connectivity index (χ3n) is 5.30. The largest absolute Gasteiger partial charge is 0.340 e. The van der Waals surface area contributed by atoms with Crippen LogP contribution in [0.3, 0.4) is 0 Å². The topological polar surface area (TPSA) is 73.7 Å². The van der Waals surface area contributed by atoms with Crippen LogP contribution in [-0.2, 0) is 13.0 Å². The zero-order valence-electron chi connectivity index (χ0n) is 15.8. The molecule has 0 spiro atoms. The highest BCUT2D eigenvalue weighted by molar-refractivity contribution is 5.93. The Labute approximate surface area is 157 Å². The van der Waals surface area contributed by atoms with Gasteiger partial charge in [0.2, 0.25) is 0 Å². The first-order valence-electron chi connectivity index (χ1n) is 9.04. The maximum absolute atomic E-state index is 12.9. The Bertz CT molecular complexity index is 1070. The Hall–Kier alpha value is -2.93. The highest BCUT2D eigenvalue weighted by atomic mass is 16.2. The Kier molecular flexibility index (Phi) is 4.31. The van der Waals surface area contributed by atoms with E-state index < -0.39 is 0 Å². The van der Waals surface area contributed by atoms with Gasteiger partial charge in [0.15, 0.2) is 5.65 Å². The van der Waals surface area contributed by atoms with Crippen LogP contribution in [0.2, 0.25) is 0 Å². The summed E-state index contributed by atoms with van der Waals surface area (Å²) in [6.07, 6.45) is 2.26. The van der Waals surface area contributed by atoms with E-state index in [1.54, 1.807) is 18.0 Å². The minimum Gasteiger partial charge on any atom is -0.340 e. The Morgan fingerprint density at radius 1 is 1.33 bits per heavy atom. The second kappa shape index (κ2) is 6.66. The number of hydrogen-bond donors (Lipinski definition) is 1. The molecule has 1 atom stereocenters. The number of aromatic nitrogens is 3. The lowest BCUT2D eigenvalue weighted by atomic mass is 9.94. The fourth-order valence-corrected chi connectivity index (χ4v) is 3.75. The third kappa shape index (κ3) is 3.14. The van der Waals surface area contributed by atoms with Crippen LogP contribution in [0.15, 0.2) is 41.3 Å². The van der Waals surface area contributed by atoms with Gasteiger partial charge in [-0.05, 0) is 31.5 Å². The highest BCUT2D eigenvalue weighted by Gasteiger charge is 2.27. The van der Waals surface area contributed by atoms with Gasteiger partial charge < -0.3 is 4.90 Å². The summed E-state index contributed by atoms with van der Waals surface area (Å²) in [4.78, 5) is 33.6. The molecule has 0 unspecified atom stereocenters. The van der Waals surface area contributed by atoms with E-state index >= 15 is 0 Å². The standard InChI is InChI=1S/C20H23N5O2/c1-13-8-18-21-10-17(20(27)25(18)22-13)19(26)24(3)12-16-9-14-6-4-5-7-15(14)11-23(16)2/h4-8,10,16,22H,9,11-12H2,1-3H3/t16-/m1/s1. The van der Waals surface area contributed by atoms with E-state index in [1.807, 2.05) is 6.92 Å². The summed E-state index contributed by atoms with van der Waals surface area (Å²) < 4.78 is 1.32. The minimum absolute atomic E-state index is 0.0794. The predicted molar refractivity (Wildman–Crippen MR) is 103 cm³/mol. The molecule has 2 aromatic heterocycles. The van der Waals surface area contributed by atoms with Gasteiger partial charge in [0.05, 0.1) is 0 Å². The van der Waals surface area contributed by atoms with Crippen molar-refractivity contribution in [3.63, 3.8) is 0 Å². The molecular weight excluding hydrogens is 342 g/mol. The van der Waals surface area contributed by atoms with Gasteiger partial charge in [-0.15, -0.1) is 0 Å². The lowest BCUT2D eigenvalue weighted by molar-refractivity contribution is 0.0731. The van der Waals surface area contributed by atoms with Crippen LogP contribution in [-0.4, -0.2) is 57.0 Å². The van der Waals surface area contributed by atoms with E-state index in [9.17, 15) is 9.59 Å². The average Bonchev–Trinajstić information content (AvgIpc) is 3.03. The fourth-order valence-electron chi connectivity index (χ4n) is 3.75. The van der Waals surface area contributed by atoms with Crippen molar-refractivity contribution in [2.45, 2.75) is 25.9 Å². The molecule has 1 amide bonds. The number of likely N-dealkylation sites (N-methyl/N-ethyl adjacent to an activating group) is 2. The number of aryl methyl sites for hydroxylation is 1. The van der Waals surface area contributed by atoms with Crippen LogP contribution in [0, 0.1) is 6.92 Å². The molecule has 0 saturated carbocycles. The van der Waals surface area contributed by atoms with Gasteiger partial charge in [0.25, 0.3) is 11.5 Å². The molecule has 1 aliphatic rings. The van der Waals surface area contributed by atoms with Gasteiger partial charge in [0, 0.05) is 44.1 Å². The number of amides is 1. The summed E-state index contributed by atoms with van der Waals surface area (Å²) in [6.45, 7) is 3.26. The van der Waals surface area contributed by atoms with Crippen LogP contribution in [0.5, 0.6) is 0 Å². The molecule has 1 aromatic carbocycles. The number of aromatic amines is 1. The monoisotopic (exact) mass is 365 g/mol. The minimum atomic E-state index is -0.368. The van der Waals surface area contributed by atoms with Crippen LogP contribution in [0.1, 0.15) is 27.2 Å². The van der Waals surface area contributed by atoms with Crippen molar-refractivity contribution in [3.05, 3.63) is 69.3 Å². The number of nitrogens with one attached hydrogen (secondary N) is 1. The SMILES string of the molecule is Cc1cc2ncc(C(=O)N(C)C[C@H]3Cc4ccccc4CN3C)c(=O)n2[nH]1. The first-order chi connectivity index (χ1) is 12.9. The first-order valence-corrected chi connectivity index (χ1v) is 9.04. The zero-order chi connectivity index (χ0) is 19.1. The Balaban J connectivity index is 1.55. The van der Waals surface area contributed by atoms with Gasteiger partial charge in [-0.25, -0.2) is 9.50 Å². The van der Waals surface area contributed by atoms with Crippen molar-refractivity contribution in [1.82, 2.24) is 24.4 Å². The fraction of sp³-hybridized carbons (Fsp3) is 0.350. The molecule has 4 rings (SSSR count). The van der Waals surface area contributed by atoms with Crippen molar-refractivity contribution in [3.8, 4) is 0 Å². The van der Waals surface area contributed by atoms with Crippen molar-refractivity contribution >= 4 is 11.6 Å². The van der Waals surface area contributed by atoms with Gasteiger partial charge in [-0.2, -0.15) is 0 Å². The van der Waals surface area contributed by atoms with Crippen molar-refractivity contribution in [1.29, 1.82) is 0 Å². The maximum Gasteiger partial charge on any atom is 0.285 e. The summed E-state index contributed by atoms with van der Waals surface area (Å²) in [5.41, 5.74) is 3.70. The van der Waals surface area contributed by atoms with Crippen molar-refractivity contribution in [2.75, 3.05) is 20.6 Å². The molecule has 0 radical (unpaired) electrons. The van der Waals surface area contributed by atoms with Crippen molar-refractivity contribution < 1.29 is 4.79 Å². The van der Waals surface area contributed by atoms with E-state index in [0.717, 1.165) is 18.7 Å². The molecular formula is C20H23N5O2. The molecule has 1 aliphatic heterocycles. The molecule has 0 fully saturated rings. The number of H-pyrrole nitrogens is 1. The van der Waals surface area contributed by atoms with E-state index in [2.05, 4.69) is 46.3 Å². The summed E-state index contributed by atoms with van der Waals surface area (Å²) in [7, 11) is 3.81. The van der Waals surface area contributed by atoms with Gasteiger partial charge in [0.1, 0.15) is 5.56 Å². The second-order valence-electron chi connectivity index (χ2n) is 7.34. The quantitative estimate of drug-likeness (QED) is 0.763. The number of carbonyl (C=O) groups is 1. The summed E-state index contributed by atoms with van der Waals surface area (Å²) >= 11 is 0. The molecule has 27 heavy (non-hydrogen) atoms. The third-order valence-corrected chi connectivity index (χ3v) is 5.30. The highest BCUT2D eigenvalue weighted by Crippen LogP contribution is 2.22. The maximum atomic E-state index is 12.9. The number of fused-ring (bicyclic) bond motifs is 2. The first kappa shape index (κ1) is 17.5. The molecule has 140 valence electrons. The molecule has 7 nitrogen and oxygen atoms in total. The summed E-state index contributed by atoms with van der Waals surface area (Å²) in [5.74, 6) is -0.304. The van der Waals surface area contributed by atoms with Crippen molar-refractivity contribution in [2.24, 2.45) is 0 Å². The summed E-state index contributed by atoms with van der Waals surface area (Å²) in [6, 6.07) is 10.4. The van der Waals surface area contributed by atoms with Gasteiger partial charge >= 0.3 is 0 Å². The lowest BCUT2D eigenvalue weighted by Crippen LogP contribution is -2.47. The molecule has 1 N–H and O–H groups in total. The molecule has 3 heterocycles. The van der Waals surface area contributed by atoms with E-state index in [0.29, 0.717) is 12.2 Å². The summed E-state index contributed by atoms with van der Waals surface area (Å²) in [5, 5.41) is 2.92. The van der Waals surface area contributed by atoms with E-state index in [1.165, 1.54) is 21.8 Å². The zero-order valence-corrected chi connectivity index (χ0v) is 15.8.